The van der Waals surface area contributed by atoms with Crippen molar-refractivity contribution in [3.05, 3.63) is 11.7 Å². The number of nitrogens with zero attached hydrogens (tertiary/aromatic N) is 3. The average molecular weight is 299 g/mol. The van der Waals surface area contributed by atoms with Crippen LogP contribution in [0.5, 0.6) is 0 Å². The topological polar surface area (TPSA) is 76.3 Å². The van der Waals surface area contributed by atoms with E-state index in [1.807, 2.05) is 0 Å². The van der Waals surface area contributed by atoms with E-state index in [2.05, 4.69) is 14.7 Å². The Morgan fingerprint density at radius 1 is 1.47 bits per heavy atom. The van der Waals surface area contributed by atoms with Gasteiger partial charge in [-0.15, -0.1) is 0 Å². The van der Waals surface area contributed by atoms with Crippen LogP contribution in [0.4, 0.5) is 13.2 Å². The number of hydrogen-bond acceptors (Lipinski definition) is 5. The van der Waals surface area contributed by atoms with Crippen molar-refractivity contribution >= 4 is 10.0 Å². The van der Waals surface area contributed by atoms with E-state index in [0.717, 1.165) is 0 Å². The fraction of sp³-hybridized carbons (Fsp3) is 0.778. The van der Waals surface area contributed by atoms with Gasteiger partial charge >= 0.3 is 12.1 Å². The molecular weight excluding hydrogens is 287 g/mol. The quantitative estimate of drug-likeness (QED) is 0.839. The number of hydrogen-bond donors (Lipinski definition) is 0. The van der Waals surface area contributed by atoms with Gasteiger partial charge in [-0.25, -0.2) is 12.7 Å². The minimum absolute atomic E-state index is 0.0419. The standard InChI is InChI=1S/C9H12F3N3O3S/c1-2-19(16,17)15-4-3-6(5-15)7-13-8(18-14-7)9(10,11)12/h6H,2-5H2,1H3/t6-/m1/s1. The normalized spacial score (nSPS) is 22.0. The lowest BCUT2D eigenvalue weighted by Gasteiger charge is -2.13. The Morgan fingerprint density at radius 2 is 2.16 bits per heavy atom. The molecule has 0 unspecified atom stereocenters. The maximum Gasteiger partial charge on any atom is 0.471 e. The average Bonchev–Trinajstić information content (AvgIpc) is 2.96. The van der Waals surface area contributed by atoms with Gasteiger partial charge in [-0.2, -0.15) is 18.2 Å². The van der Waals surface area contributed by atoms with Crippen LogP contribution in [0.1, 0.15) is 31.0 Å². The molecule has 1 aromatic rings. The molecule has 1 aromatic heterocycles. The number of rotatable bonds is 3. The number of sulfonamides is 1. The van der Waals surface area contributed by atoms with Crippen LogP contribution in [0.25, 0.3) is 0 Å². The zero-order valence-corrected chi connectivity index (χ0v) is 10.8. The highest BCUT2D eigenvalue weighted by molar-refractivity contribution is 7.89. The summed E-state index contributed by atoms with van der Waals surface area (Å²) in [5, 5.41) is 3.28. The van der Waals surface area contributed by atoms with Crippen molar-refractivity contribution in [3.8, 4) is 0 Å². The van der Waals surface area contributed by atoms with Gasteiger partial charge in [0, 0.05) is 19.0 Å². The van der Waals surface area contributed by atoms with Crippen LogP contribution in [0, 0.1) is 0 Å². The molecular formula is C9H12F3N3O3S. The summed E-state index contributed by atoms with van der Waals surface area (Å²) in [7, 11) is -3.34. The van der Waals surface area contributed by atoms with E-state index in [1.54, 1.807) is 0 Å². The molecule has 108 valence electrons. The van der Waals surface area contributed by atoms with E-state index in [0.29, 0.717) is 6.42 Å². The Bertz CT molecular complexity index is 555. The van der Waals surface area contributed by atoms with Gasteiger partial charge in [-0.1, -0.05) is 5.16 Å². The molecule has 0 aromatic carbocycles. The Labute approximate surface area is 107 Å². The number of aromatic nitrogens is 2. The predicted molar refractivity (Wildman–Crippen MR) is 57.7 cm³/mol. The summed E-state index contributed by atoms with van der Waals surface area (Å²) in [5.41, 5.74) is 0. The fourth-order valence-corrected chi connectivity index (χ4v) is 3.05. The van der Waals surface area contributed by atoms with Crippen LogP contribution in [0.15, 0.2) is 4.52 Å². The molecule has 0 radical (unpaired) electrons. The van der Waals surface area contributed by atoms with Crippen LogP contribution >= 0.6 is 0 Å². The zero-order valence-electron chi connectivity index (χ0n) is 10.0. The molecule has 0 amide bonds. The van der Waals surface area contributed by atoms with Gasteiger partial charge in [0.1, 0.15) is 0 Å². The third-order valence-corrected chi connectivity index (χ3v) is 4.81. The SMILES string of the molecule is CCS(=O)(=O)N1CC[C@@H](c2noc(C(F)(F)F)n2)C1. The summed E-state index contributed by atoms with van der Waals surface area (Å²) in [5.74, 6) is -2.00. The second-order valence-electron chi connectivity index (χ2n) is 4.20. The van der Waals surface area contributed by atoms with E-state index in [4.69, 9.17) is 0 Å². The molecule has 19 heavy (non-hydrogen) atoms. The van der Waals surface area contributed by atoms with Gasteiger partial charge < -0.3 is 4.52 Å². The van der Waals surface area contributed by atoms with Crippen molar-refractivity contribution in [2.75, 3.05) is 18.8 Å². The van der Waals surface area contributed by atoms with Crippen LogP contribution in [-0.4, -0.2) is 41.7 Å². The largest absolute Gasteiger partial charge is 0.471 e. The van der Waals surface area contributed by atoms with Crippen LogP contribution in [-0.2, 0) is 16.2 Å². The molecule has 0 bridgehead atoms. The summed E-state index contributed by atoms with van der Waals surface area (Å²) in [6.07, 6.45) is -4.30. The minimum Gasteiger partial charge on any atom is -0.329 e. The maximum atomic E-state index is 12.3. The first kappa shape index (κ1) is 14.3. The van der Waals surface area contributed by atoms with E-state index in [1.165, 1.54) is 11.2 Å². The highest BCUT2D eigenvalue weighted by Crippen LogP contribution is 2.31. The Hall–Kier alpha value is -1.16. The molecule has 0 spiro atoms. The van der Waals surface area contributed by atoms with E-state index in [9.17, 15) is 21.6 Å². The molecule has 2 heterocycles. The summed E-state index contributed by atoms with van der Waals surface area (Å²) in [6, 6.07) is 0. The van der Waals surface area contributed by atoms with E-state index >= 15 is 0 Å². The molecule has 0 saturated carbocycles. The van der Waals surface area contributed by atoms with Gasteiger partial charge in [0.15, 0.2) is 5.82 Å². The Kier molecular flexibility index (Phi) is 3.56. The third-order valence-electron chi connectivity index (χ3n) is 2.96. The van der Waals surface area contributed by atoms with Gasteiger partial charge in [0.25, 0.3) is 0 Å². The number of alkyl halides is 3. The smallest absolute Gasteiger partial charge is 0.329 e. The maximum absolute atomic E-state index is 12.3. The van der Waals surface area contributed by atoms with E-state index in [-0.39, 0.29) is 24.7 Å². The highest BCUT2D eigenvalue weighted by atomic mass is 32.2. The fourth-order valence-electron chi connectivity index (χ4n) is 1.89. The van der Waals surface area contributed by atoms with Crippen LogP contribution in [0.3, 0.4) is 0 Å². The first-order valence-corrected chi connectivity index (χ1v) is 7.23. The molecule has 1 aliphatic heterocycles. The summed E-state index contributed by atoms with van der Waals surface area (Å²) >= 11 is 0. The van der Waals surface area contributed by atoms with Gasteiger partial charge in [0.05, 0.1) is 5.75 Å². The molecule has 0 aliphatic carbocycles. The molecule has 1 aliphatic rings. The highest BCUT2D eigenvalue weighted by Gasteiger charge is 2.40. The first-order chi connectivity index (χ1) is 8.74. The lowest BCUT2D eigenvalue weighted by molar-refractivity contribution is -0.159. The monoisotopic (exact) mass is 299 g/mol. The molecule has 1 fully saturated rings. The predicted octanol–water partition coefficient (Wildman–Crippen LogP) is 1.23. The van der Waals surface area contributed by atoms with Crippen molar-refractivity contribution in [2.24, 2.45) is 0 Å². The summed E-state index contributed by atoms with van der Waals surface area (Å²) in [6.45, 7) is 1.86. The lowest BCUT2D eigenvalue weighted by atomic mass is 10.1. The molecule has 1 saturated heterocycles. The van der Waals surface area contributed by atoms with E-state index < -0.39 is 28.0 Å². The van der Waals surface area contributed by atoms with Crippen molar-refractivity contribution in [3.63, 3.8) is 0 Å². The molecule has 0 N–H and O–H groups in total. The molecule has 2 rings (SSSR count). The Morgan fingerprint density at radius 3 is 2.68 bits per heavy atom. The minimum atomic E-state index is -4.68. The molecule has 1 atom stereocenters. The zero-order chi connectivity index (χ0) is 14.3. The van der Waals surface area contributed by atoms with Gasteiger partial charge in [0.2, 0.25) is 10.0 Å². The van der Waals surface area contributed by atoms with Crippen molar-refractivity contribution in [1.82, 2.24) is 14.4 Å². The first-order valence-electron chi connectivity index (χ1n) is 5.62. The summed E-state index contributed by atoms with van der Waals surface area (Å²) < 4.78 is 65.5. The van der Waals surface area contributed by atoms with Crippen LogP contribution < -0.4 is 0 Å². The second kappa shape index (κ2) is 4.75. The third kappa shape index (κ3) is 2.89. The molecule has 6 nitrogen and oxygen atoms in total. The van der Waals surface area contributed by atoms with Gasteiger partial charge in [-0.05, 0) is 13.3 Å². The van der Waals surface area contributed by atoms with Crippen molar-refractivity contribution < 1.29 is 26.1 Å². The summed E-state index contributed by atoms with van der Waals surface area (Å²) in [4.78, 5) is 3.28. The van der Waals surface area contributed by atoms with Crippen molar-refractivity contribution in [2.45, 2.75) is 25.4 Å². The van der Waals surface area contributed by atoms with Crippen LogP contribution in [0.2, 0.25) is 0 Å². The Balaban J connectivity index is 2.12. The van der Waals surface area contributed by atoms with Crippen molar-refractivity contribution in [1.29, 1.82) is 0 Å². The second-order valence-corrected chi connectivity index (χ2v) is 6.46. The lowest BCUT2D eigenvalue weighted by Crippen LogP contribution is -2.30. The van der Waals surface area contributed by atoms with Gasteiger partial charge in [-0.3, -0.25) is 0 Å². The molecule has 10 heteroatoms. The number of halogens is 3.